The molecule has 1 unspecified atom stereocenters. The second-order valence-electron chi connectivity index (χ2n) is 8.44. The second-order valence-corrected chi connectivity index (χ2v) is 8.44. The number of rotatable bonds is 8. The molecule has 0 saturated carbocycles. The van der Waals surface area contributed by atoms with Gasteiger partial charge in [0.2, 0.25) is 0 Å². The lowest BCUT2D eigenvalue weighted by Gasteiger charge is -2.29. The zero-order valence-corrected chi connectivity index (χ0v) is 19.7. The van der Waals surface area contributed by atoms with E-state index < -0.39 is 71.9 Å². The molecule has 0 radical (unpaired) electrons. The Labute approximate surface area is 218 Å². The largest absolute Gasteiger partial charge is 0.458 e. The molecule has 3 aromatic rings. The summed E-state index contributed by atoms with van der Waals surface area (Å²) in [5.41, 5.74) is -3.43. The number of aliphatic hydroxyl groups excluding tert-OH is 1. The molecule has 0 fully saturated rings. The summed E-state index contributed by atoms with van der Waals surface area (Å²) in [5, 5.41) is 9.59. The lowest BCUT2D eigenvalue weighted by Crippen LogP contribution is -2.41. The van der Waals surface area contributed by atoms with Gasteiger partial charge in [-0.05, 0) is 36.4 Å². The van der Waals surface area contributed by atoms with Crippen molar-refractivity contribution in [3.05, 3.63) is 89.2 Å². The number of halogens is 12. The molecule has 40 heavy (non-hydrogen) atoms. The van der Waals surface area contributed by atoms with Crippen molar-refractivity contribution in [2.75, 3.05) is 11.4 Å². The summed E-state index contributed by atoms with van der Waals surface area (Å²) < 4.78 is 163. The maximum Gasteiger partial charge on any atom is 0.458 e. The molecule has 3 aromatic carbocycles. The van der Waals surface area contributed by atoms with Crippen LogP contribution in [0.5, 0.6) is 11.5 Å². The predicted octanol–water partition coefficient (Wildman–Crippen LogP) is 8.22. The van der Waals surface area contributed by atoms with Gasteiger partial charge in [-0.1, -0.05) is 24.3 Å². The molecule has 3 rings (SSSR count). The number of ether oxygens (including phenoxy) is 1. The lowest BCUT2D eigenvalue weighted by atomic mass is 10.1. The Kier molecular flexibility index (Phi) is 8.58. The van der Waals surface area contributed by atoms with Crippen LogP contribution in [-0.4, -0.2) is 30.1 Å². The van der Waals surface area contributed by atoms with Crippen LogP contribution in [0.15, 0.2) is 66.7 Å². The molecule has 15 heteroatoms. The minimum atomic E-state index is -5.90. The maximum atomic E-state index is 14.4. The highest BCUT2D eigenvalue weighted by molar-refractivity contribution is 5.52. The molecule has 0 aromatic heterocycles. The molecule has 218 valence electrons. The molecule has 0 aliphatic heterocycles. The molecule has 0 amide bonds. The van der Waals surface area contributed by atoms with Crippen LogP contribution in [0.1, 0.15) is 16.7 Å². The Balaban J connectivity index is 1.94. The van der Waals surface area contributed by atoms with E-state index in [1.807, 2.05) is 0 Å². The highest BCUT2D eigenvalue weighted by Gasteiger charge is 2.58. The third-order valence-electron chi connectivity index (χ3n) is 5.48. The molecule has 0 aliphatic rings. The first-order chi connectivity index (χ1) is 18.3. The highest BCUT2D eigenvalue weighted by atomic mass is 19.4. The van der Waals surface area contributed by atoms with E-state index in [1.54, 1.807) is 0 Å². The number of hydrogen-bond donors (Lipinski definition) is 1. The normalized spacial score (nSPS) is 13.7. The van der Waals surface area contributed by atoms with Gasteiger partial charge in [-0.25, -0.2) is 4.39 Å². The Morgan fingerprint density at radius 3 is 1.88 bits per heavy atom. The molecule has 0 heterocycles. The van der Waals surface area contributed by atoms with Crippen molar-refractivity contribution >= 4 is 5.69 Å². The average molecular weight is 591 g/mol. The standard InChI is InChI=1S/C25H17F12NO2/c26-20-10-16(23(29,30)31)8-7-14(20)12-38(13-21(39)24(32,33)34)17-4-2-6-19(11-17)40-18-5-1-3-15(9-18)22(27,28)25(35,36)37/h1-11,21,39H,12-13H2. The van der Waals surface area contributed by atoms with Crippen molar-refractivity contribution in [2.45, 2.75) is 37.1 Å². The van der Waals surface area contributed by atoms with Crippen molar-refractivity contribution in [2.24, 2.45) is 0 Å². The van der Waals surface area contributed by atoms with E-state index >= 15 is 0 Å². The van der Waals surface area contributed by atoms with E-state index in [0.717, 1.165) is 23.1 Å². The van der Waals surface area contributed by atoms with Gasteiger partial charge in [0.1, 0.15) is 17.3 Å². The number of hydrogen-bond acceptors (Lipinski definition) is 3. The minimum Gasteiger partial charge on any atom is -0.457 e. The Hall–Kier alpha value is -3.62. The first kappa shape index (κ1) is 30.9. The van der Waals surface area contributed by atoms with Gasteiger partial charge in [0, 0.05) is 29.4 Å². The third kappa shape index (κ3) is 7.31. The van der Waals surface area contributed by atoms with Crippen LogP contribution in [0, 0.1) is 5.82 Å². The smallest absolute Gasteiger partial charge is 0.457 e. The Morgan fingerprint density at radius 2 is 1.32 bits per heavy atom. The fourth-order valence-electron chi connectivity index (χ4n) is 3.43. The summed E-state index contributed by atoms with van der Waals surface area (Å²) in [6.45, 7) is -1.96. The monoisotopic (exact) mass is 591 g/mol. The van der Waals surface area contributed by atoms with Crippen LogP contribution in [0.4, 0.5) is 58.4 Å². The van der Waals surface area contributed by atoms with Gasteiger partial charge >= 0.3 is 24.5 Å². The van der Waals surface area contributed by atoms with Crippen LogP contribution in [0.3, 0.4) is 0 Å². The summed E-state index contributed by atoms with van der Waals surface area (Å²) in [5.74, 6) is -7.36. The van der Waals surface area contributed by atoms with Crippen LogP contribution in [-0.2, 0) is 18.6 Å². The van der Waals surface area contributed by atoms with Gasteiger partial charge in [0.25, 0.3) is 0 Å². The van der Waals surface area contributed by atoms with Crippen molar-refractivity contribution in [1.82, 2.24) is 0 Å². The van der Waals surface area contributed by atoms with E-state index in [4.69, 9.17) is 4.74 Å². The highest BCUT2D eigenvalue weighted by Crippen LogP contribution is 2.45. The van der Waals surface area contributed by atoms with Crippen LogP contribution in [0.25, 0.3) is 0 Å². The summed E-state index contributed by atoms with van der Waals surface area (Å²) in [6, 6.07) is 8.72. The Morgan fingerprint density at radius 1 is 0.725 bits per heavy atom. The van der Waals surface area contributed by atoms with E-state index in [-0.39, 0.29) is 17.5 Å². The molecule has 0 saturated heterocycles. The topological polar surface area (TPSA) is 32.7 Å². The third-order valence-corrected chi connectivity index (χ3v) is 5.48. The SMILES string of the molecule is OC(CN(Cc1ccc(C(F)(F)F)cc1F)c1cccc(Oc2cccc(C(F)(F)C(F)(F)F)c2)c1)C(F)(F)F. The summed E-state index contributed by atoms with van der Waals surface area (Å²) in [7, 11) is 0. The first-order valence-electron chi connectivity index (χ1n) is 11.0. The number of aliphatic hydroxyl groups is 1. The second kappa shape index (κ2) is 11.1. The van der Waals surface area contributed by atoms with E-state index in [9.17, 15) is 57.8 Å². The van der Waals surface area contributed by atoms with Gasteiger partial charge in [-0.15, -0.1) is 0 Å². The van der Waals surface area contributed by atoms with Crippen molar-refractivity contribution in [3.63, 3.8) is 0 Å². The number of alkyl halides is 11. The predicted molar refractivity (Wildman–Crippen MR) is 117 cm³/mol. The zero-order chi connectivity index (χ0) is 30.1. The number of nitrogens with zero attached hydrogens (tertiary/aromatic N) is 1. The number of benzene rings is 3. The molecular formula is C25H17F12NO2. The van der Waals surface area contributed by atoms with Gasteiger partial charge in [0.15, 0.2) is 6.10 Å². The molecule has 0 bridgehead atoms. The van der Waals surface area contributed by atoms with Crippen molar-refractivity contribution in [1.29, 1.82) is 0 Å². The number of anilines is 1. The van der Waals surface area contributed by atoms with Gasteiger partial charge in [0.05, 0.1) is 12.1 Å². The molecule has 3 nitrogen and oxygen atoms in total. The van der Waals surface area contributed by atoms with Crippen LogP contribution >= 0.6 is 0 Å². The van der Waals surface area contributed by atoms with E-state index in [0.29, 0.717) is 24.3 Å². The van der Waals surface area contributed by atoms with Gasteiger partial charge < -0.3 is 14.7 Å². The van der Waals surface area contributed by atoms with E-state index in [1.165, 1.54) is 18.2 Å². The van der Waals surface area contributed by atoms with Crippen molar-refractivity contribution < 1.29 is 62.5 Å². The lowest BCUT2D eigenvalue weighted by molar-refractivity contribution is -0.289. The molecule has 0 aliphatic carbocycles. The van der Waals surface area contributed by atoms with Gasteiger partial charge in [-0.3, -0.25) is 0 Å². The quantitative estimate of drug-likeness (QED) is 0.268. The summed E-state index contributed by atoms with van der Waals surface area (Å²) in [6.07, 6.45) is -18.9. The Bertz CT molecular complexity index is 1320. The molecular weight excluding hydrogens is 574 g/mol. The van der Waals surface area contributed by atoms with Gasteiger partial charge in [-0.2, -0.15) is 48.3 Å². The average Bonchev–Trinajstić information content (AvgIpc) is 2.83. The zero-order valence-electron chi connectivity index (χ0n) is 19.7. The molecule has 1 atom stereocenters. The van der Waals surface area contributed by atoms with Crippen molar-refractivity contribution in [3.8, 4) is 11.5 Å². The molecule has 0 spiro atoms. The summed E-state index contributed by atoms with van der Waals surface area (Å²) in [4.78, 5) is 0.769. The minimum absolute atomic E-state index is 0.150. The maximum absolute atomic E-state index is 14.4. The molecule has 1 N–H and O–H groups in total. The van der Waals surface area contributed by atoms with E-state index in [2.05, 4.69) is 0 Å². The van der Waals surface area contributed by atoms with Crippen LogP contribution in [0.2, 0.25) is 0 Å². The van der Waals surface area contributed by atoms with Crippen LogP contribution < -0.4 is 9.64 Å². The first-order valence-corrected chi connectivity index (χ1v) is 11.0. The fraction of sp³-hybridized carbons (Fsp3) is 0.280. The summed E-state index contributed by atoms with van der Waals surface area (Å²) >= 11 is 0. The fourth-order valence-corrected chi connectivity index (χ4v) is 3.43.